The number of anilines is 1. The molecule has 1 aliphatic rings. The number of hydrogen-bond donors (Lipinski definition) is 2. The van der Waals surface area contributed by atoms with Crippen molar-refractivity contribution in [2.45, 2.75) is 38.4 Å². The molecule has 158 valence electrons. The minimum atomic E-state index is -0.309. The molecule has 0 unspecified atom stereocenters. The van der Waals surface area contributed by atoms with Gasteiger partial charge in [-0.05, 0) is 62.1 Å². The van der Waals surface area contributed by atoms with Gasteiger partial charge in [-0.3, -0.25) is 4.79 Å². The van der Waals surface area contributed by atoms with Crippen LogP contribution in [0.5, 0.6) is 0 Å². The molecule has 0 saturated carbocycles. The summed E-state index contributed by atoms with van der Waals surface area (Å²) in [5, 5.41) is 11.2. The van der Waals surface area contributed by atoms with Crippen LogP contribution in [0.3, 0.4) is 0 Å². The van der Waals surface area contributed by atoms with E-state index in [0.29, 0.717) is 24.8 Å². The lowest BCUT2D eigenvalue weighted by Gasteiger charge is -2.31. The smallest absolute Gasteiger partial charge is 0.211 e. The van der Waals surface area contributed by atoms with Crippen molar-refractivity contribution >= 4 is 12.1 Å². The Morgan fingerprint density at radius 3 is 2.38 bits per heavy atom. The number of nitrogens with zero attached hydrogens (tertiary/aromatic N) is 1. The molecule has 0 aliphatic carbocycles. The Bertz CT molecular complexity index is 674. The van der Waals surface area contributed by atoms with Gasteiger partial charge in [-0.2, -0.15) is 0 Å². The number of ether oxygens (including phenoxy) is 1. The van der Waals surface area contributed by atoms with Gasteiger partial charge >= 0.3 is 0 Å². The van der Waals surface area contributed by atoms with E-state index in [1.165, 1.54) is 29.8 Å². The first-order valence-corrected chi connectivity index (χ1v) is 10.2. The Morgan fingerprint density at radius 1 is 1.07 bits per heavy atom. The molecule has 0 radical (unpaired) electrons. The van der Waals surface area contributed by atoms with Crippen molar-refractivity contribution in [2.75, 3.05) is 31.6 Å². The van der Waals surface area contributed by atoms with E-state index in [-0.39, 0.29) is 5.82 Å². The van der Waals surface area contributed by atoms with E-state index >= 15 is 0 Å². The topological polar surface area (TPSA) is 61.8 Å². The standard InChI is InChI=1S/C16H25NO2.C7H6FNO/c18-13-5-4-10-17-11-8-16(9-12-17)19-14-15-6-2-1-3-7-15;8-6-1-3-7(4-2-6)9-5-10/h1-3,6-7,16,18H,4-5,8-14H2;1-5H,(H,9,10). The number of carbonyl (C=O) groups excluding carboxylic acids is 1. The molecule has 3 rings (SSSR count). The molecule has 5 nitrogen and oxygen atoms in total. The van der Waals surface area contributed by atoms with E-state index in [1.54, 1.807) is 0 Å². The largest absolute Gasteiger partial charge is 0.396 e. The highest BCUT2D eigenvalue weighted by atomic mass is 19.1. The Kier molecular flexibility index (Phi) is 11.0. The normalized spacial score (nSPS) is 14.7. The van der Waals surface area contributed by atoms with Gasteiger partial charge in [0.15, 0.2) is 0 Å². The zero-order valence-corrected chi connectivity index (χ0v) is 16.8. The first-order chi connectivity index (χ1) is 14.2. The van der Waals surface area contributed by atoms with Gasteiger partial charge in [0.25, 0.3) is 0 Å². The minimum Gasteiger partial charge on any atom is -0.396 e. The predicted molar refractivity (Wildman–Crippen MR) is 113 cm³/mol. The predicted octanol–water partition coefficient (Wildman–Crippen LogP) is 3.83. The fourth-order valence-corrected chi connectivity index (χ4v) is 3.15. The van der Waals surface area contributed by atoms with Crippen LogP contribution >= 0.6 is 0 Å². The number of halogens is 1. The third-order valence-corrected chi connectivity index (χ3v) is 4.82. The van der Waals surface area contributed by atoms with E-state index < -0.39 is 0 Å². The highest BCUT2D eigenvalue weighted by Gasteiger charge is 2.19. The van der Waals surface area contributed by atoms with E-state index in [2.05, 4.69) is 34.5 Å². The Morgan fingerprint density at radius 2 is 1.76 bits per heavy atom. The highest BCUT2D eigenvalue weighted by molar-refractivity contribution is 5.70. The summed E-state index contributed by atoms with van der Waals surface area (Å²) in [5.41, 5.74) is 1.85. The molecule has 2 aromatic carbocycles. The van der Waals surface area contributed by atoms with Gasteiger partial charge < -0.3 is 20.1 Å². The van der Waals surface area contributed by atoms with Crippen LogP contribution in [0.2, 0.25) is 0 Å². The molecule has 0 bridgehead atoms. The second-order valence-electron chi connectivity index (χ2n) is 7.04. The number of carbonyl (C=O) groups is 1. The van der Waals surface area contributed by atoms with Crippen LogP contribution in [0, 0.1) is 5.82 Å². The third-order valence-electron chi connectivity index (χ3n) is 4.82. The van der Waals surface area contributed by atoms with Gasteiger partial charge in [-0.1, -0.05) is 30.3 Å². The number of amides is 1. The Labute approximate surface area is 172 Å². The lowest BCUT2D eigenvalue weighted by molar-refractivity contribution is -0.105. The maximum Gasteiger partial charge on any atom is 0.211 e. The monoisotopic (exact) mass is 402 g/mol. The van der Waals surface area contributed by atoms with Gasteiger partial charge in [0.05, 0.1) is 12.7 Å². The van der Waals surface area contributed by atoms with Crippen molar-refractivity contribution in [1.29, 1.82) is 0 Å². The molecule has 1 aliphatic heterocycles. The number of piperidine rings is 1. The summed E-state index contributed by atoms with van der Waals surface area (Å²) in [5.74, 6) is -0.309. The number of aliphatic hydroxyl groups excluding tert-OH is 1. The summed E-state index contributed by atoms with van der Waals surface area (Å²) in [6.07, 6.45) is 5.25. The number of benzene rings is 2. The summed E-state index contributed by atoms with van der Waals surface area (Å²) in [6, 6.07) is 15.9. The van der Waals surface area contributed by atoms with Crippen molar-refractivity contribution in [3.05, 3.63) is 66.0 Å². The highest BCUT2D eigenvalue weighted by Crippen LogP contribution is 2.16. The number of aliphatic hydroxyl groups is 1. The van der Waals surface area contributed by atoms with Crippen molar-refractivity contribution < 1.29 is 19.0 Å². The van der Waals surface area contributed by atoms with E-state index in [1.807, 2.05) is 6.07 Å². The average Bonchev–Trinajstić information content (AvgIpc) is 2.76. The van der Waals surface area contributed by atoms with Crippen LogP contribution in [0.25, 0.3) is 0 Å². The lowest BCUT2D eigenvalue weighted by Crippen LogP contribution is -2.37. The molecule has 6 heteroatoms. The van der Waals surface area contributed by atoms with Crippen LogP contribution < -0.4 is 5.32 Å². The lowest BCUT2D eigenvalue weighted by atomic mass is 10.1. The fraction of sp³-hybridized carbons (Fsp3) is 0.435. The van der Waals surface area contributed by atoms with Gasteiger partial charge in [-0.15, -0.1) is 0 Å². The number of unbranched alkanes of at least 4 members (excludes halogenated alkanes) is 1. The molecule has 1 heterocycles. The Hall–Kier alpha value is -2.28. The fourth-order valence-electron chi connectivity index (χ4n) is 3.15. The van der Waals surface area contributed by atoms with Crippen LogP contribution in [0.1, 0.15) is 31.2 Å². The van der Waals surface area contributed by atoms with Crippen molar-refractivity contribution in [3.8, 4) is 0 Å². The zero-order chi connectivity index (χ0) is 20.7. The molecule has 0 aromatic heterocycles. The van der Waals surface area contributed by atoms with Crippen LogP contribution in [0.15, 0.2) is 54.6 Å². The minimum absolute atomic E-state index is 0.309. The van der Waals surface area contributed by atoms with E-state index in [9.17, 15) is 9.18 Å². The van der Waals surface area contributed by atoms with Crippen molar-refractivity contribution in [1.82, 2.24) is 4.90 Å². The van der Waals surface area contributed by atoms with Gasteiger partial charge in [0.1, 0.15) is 5.82 Å². The van der Waals surface area contributed by atoms with Crippen molar-refractivity contribution in [2.24, 2.45) is 0 Å². The summed E-state index contributed by atoms with van der Waals surface area (Å²) in [6.45, 7) is 4.43. The van der Waals surface area contributed by atoms with Gasteiger partial charge in [-0.25, -0.2) is 4.39 Å². The maximum absolute atomic E-state index is 12.2. The average molecular weight is 403 g/mol. The quantitative estimate of drug-likeness (QED) is 0.494. The Balaban J connectivity index is 0.000000253. The molecule has 2 N–H and O–H groups in total. The molecule has 2 aromatic rings. The molecule has 0 atom stereocenters. The molecule has 1 amide bonds. The number of rotatable bonds is 9. The van der Waals surface area contributed by atoms with Crippen LogP contribution in [-0.4, -0.2) is 48.8 Å². The van der Waals surface area contributed by atoms with E-state index in [0.717, 1.165) is 51.9 Å². The molecule has 1 saturated heterocycles. The second kappa shape index (κ2) is 13.8. The number of nitrogens with one attached hydrogen (secondary N) is 1. The maximum atomic E-state index is 12.2. The molecule has 1 fully saturated rings. The van der Waals surface area contributed by atoms with Gasteiger partial charge in [0.2, 0.25) is 6.41 Å². The van der Waals surface area contributed by atoms with Crippen molar-refractivity contribution in [3.63, 3.8) is 0 Å². The third kappa shape index (κ3) is 9.65. The molecular weight excluding hydrogens is 371 g/mol. The van der Waals surface area contributed by atoms with E-state index in [4.69, 9.17) is 9.84 Å². The first kappa shape index (κ1) is 23.0. The summed E-state index contributed by atoms with van der Waals surface area (Å²) in [7, 11) is 0. The van der Waals surface area contributed by atoms with Gasteiger partial charge in [0, 0.05) is 25.4 Å². The number of likely N-dealkylation sites (tertiary alicyclic amines) is 1. The second-order valence-corrected chi connectivity index (χ2v) is 7.04. The van der Waals surface area contributed by atoms with Crippen LogP contribution in [0.4, 0.5) is 10.1 Å². The van der Waals surface area contributed by atoms with Crippen LogP contribution in [-0.2, 0) is 16.1 Å². The summed E-state index contributed by atoms with van der Waals surface area (Å²) in [4.78, 5) is 12.3. The first-order valence-electron chi connectivity index (χ1n) is 10.2. The SMILES string of the molecule is O=CNc1ccc(F)cc1.OCCCCN1CCC(OCc2ccccc2)CC1. The molecule has 29 heavy (non-hydrogen) atoms. The zero-order valence-electron chi connectivity index (χ0n) is 16.8. The summed E-state index contributed by atoms with van der Waals surface area (Å²) < 4.78 is 18.2. The molecular formula is C23H31FN2O3. The number of hydrogen-bond acceptors (Lipinski definition) is 4. The summed E-state index contributed by atoms with van der Waals surface area (Å²) >= 11 is 0. The molecule has 0 spiro atoms.